The van der Waals surface area contributed by atoms with Crippen LogP contribution in [0.15, 0.2) is 67.9 Å². The van der Waals surface area contributed by atoms with Crippen molar-refractivity contribution in [3.63, 3.8) is 0 Å². The molecule has 0 aliphatic heterocycles. The van der Waals surface area contributed by atoms with Crippen molar-refractivity contribution in [3.8, 4) is 22.8 Å². The summed E-state index contributed by atoms with van der Waals surface area (Å²) in [6, 6.07) is 5.89. The maximum absolute atomic E-state index is 4.87. The molecule has 0 aliphatic rings. The van der Waals surface area contributed by atoms with E-state index in [2.05, 4.69) is 41.9 Å². The van der Waals surface area contributed by atoms with E-state index in [0.717, 1.165) is 50.4 Å². The normalized spacial score (nSPS) is 11.8. The number of allylic oxidation sites excluding steroid dienone is 2. The Hall–Kier alpha value is -4.33. The second-order valence-electron chi connectivity index (χ2n) is 6.79. The minimum atomic E-state index is 0.678. The lowest BCUT2D eigenvalue weighted by molar-refractivity contribution is 1.09. The van der Waals surface area contributed by atoms with Crippen LogP contribution in [0.2, 0.25) is 0 Å². The molecule has 0 fully saturated rings. The van der Waals surface area contributed by atoms with Crippen LogP contribution >= 0.6 is 0 Å². The van der Waals surface area contributed by atoms with Gasteiger partial charge in [0.2, 0.25) is 0 Å². The Bertz CT molecular complexity index is 1360. The van der Waals surface area contributed by atoms with E-state index in [1.54, 1.807) is 24.7 Å². The quantitative estimate of drug-likeness (QED) is 0.389. The Morgan fingerprint density at radius 2 is 2.13 bits per heavy atom. The van der Waals surface area contributed by atoms with E-state index < -0.39 is 0 Å². The zero-order chi connectivity index (χ0) is 20.5. The zero-order valence-corrected chi connectivity index (χ0v) is 16.2. The lowest BCUT2D eigenvalue weighted by atomic mass is 10.0. The molecule has 8 heteroatoms. The highest BCUT2D eigenvalue weighted by Crippen LogP contribution is 2.31. The number of fused-ring (bicyclic) bond motifs is 1. The van der Waals surface area contributed by atoms with E-state index in [9.17, 15) is 0 Å². The van der Waals surface area contributed by atoms with Gasteiger partial charge in [-0.15, -0.1) is 0 Å². The molecule has 0 amide bonds. The van der Waals surface area contributed by atoms with Gasteiger partial charge in [-0.1, -0.05) is 24.8 Å². The molecular weight excluding hydrogens is 376 g/mol. The standard InChI is InChI=1S/C22H18N8/c1-3-5-16(14-6-4-7-23-9-14)20-13(2)27-22(28-20)21-17-8-18(15-10-25-26-11-15)24-12-19(17)29-30-21/h3-12H,1H2,2H3,(H,25,26)(H,27,28)(H,29,30)/b16-5-. The molecule has 0 saturated heterocycles. The molecule has 5 aromatic rings. The van der Waals surface area contributed by atoms with E-state index in [0.29, 0.717) is 5.82 Å². The third kappa shape index (κ3) is 3.00. The summed E-state index contributed by atoms with van der Waals surface area (Å²) in [6.45, 7) is 5.84. The predicted molar refractivity (Wildman–Crippen MR) is 115 cm³/mol. The minimum absolute atomic E-state index is 0.678. The first kappa shape index (κ1) is 17.7. The van der Waals surface area contributed by atoms with Gasteiger partial charge in [0, 0.05) is 46.4 Å². The number of nitrogens with one attached hydrogen (secondary N) is 3. The molecule has 0 bridgehead atoms. The summed E-state index contributed by atoms with van der Waals surface area (Å²) < 4.78 is 0. The van der Waals surface area contributed by atoms with Gasteiger partial charge in [0.15, 0.2) is 5.82 Å². The van der Waals surface area contributed by atoms with Crippen molar-refractivity contribution >= 4 is 16.5 Å². The molecule has 0 aliphatic carbocycles. The van der Waals surface area contributed by atoms with Crippen molar-refractivity contribution in [2.24, 2.45) is 0 Å². The van der Waals surface area contributed by atoms with Crippen molar-refractivity contribution < 1.29 is 0 Å². The first-order chi connectivity index (χ1) is 14.7. The van der Waals surface area contributed by atoms with Gasteiger partial charge in [-0.25, -0.2) is 4.98 Å². The second-order valence-corrected chi connectivity index (χ2v) is 6.79. The maximum atomic E-state index is 4.87. The molecule has 0 atom stereocenters. The van der Waals surface area contributed by atoms with Crippen LogP contribution in [0, 0.1) is 6.92 Å². The first-order valence-corrected chi connectivity index (χ1v) is 9.38. The fourth-order valence-corrected chi connectivity index (χ4v) is 3.43. The summed E-state index contributed by atoms with van der Waals surface area (Å²) in [5, 5.41) is 15.3. The van der Waals surface area contributed by atoms with Crippen LogP contribution in [-0.2, 0) is 0 Å². The Morgan fingerprint density at radius 3 is 2.90 bits per heavy atom. The largest absolute Gasteiger partial charge is 0.340 e. The first-order valence-electron chi connectivity index (χ1n) is 9.38. The average molecular weight is 394 g/mol. The molecule has 0 aromatic carbocycles. The number of aromatic nitrogens is 8. The summed E-state index contributed by atoms with van der Waals surface area (Å²) in [7, 11) is 0. The van der Waals surface area contributed by atoms with Crippen LogP contribution in [0.25, 0.3) is 39.3 Å². The summed E-state index contributed by atoms with van der Waals surface area (Å²) in [4.78, 5) is 17.0. The summed E-state index contributed by atoms with van der Waals surface area (Å²) >= 11 is 0. The zero-order valence-electron chi connectivity index (χ0n) is 16.2. The van der Waals surface area contributed by atoms with Crippen LogP contribution in [-0.4, -0.2) is 40.3 Å². The molecule has 0 saturated carbocycles. The Morgan fingerprint density at radius 1 is 1.20 bits per heavy atom. The lowest BCUT2D eigenvalue weighted by Gasteiger charge is -2.04. The van der Waals surface area contributed by atoms with E-state index >= 15 is 0 Å². The molecule has 0 spiro atoms. The van der Waals surface area contributed by atoms with Gasteiger partial charge in [-0.05, 0) is 19.1 Å². The smallest absolute Gasteiger partial charge is 0.159 e. The third-order valence-corrected chi connectivity index (χ3v) is 4.86. The number of aryl methyl sites for hydroxylation is 1. The van der Waals surface area contributed by atoms with Crippen LogP contribution in [0.4, 0.5) is 0 Å². The number of imidazole rings is 1. The van der Waals surface area contributed by atoms with E-state index in [-0.39, 0.29) is 0 Å². The van der Waals surface area contributed by atoms with Gasteiger partial charge >= 0.3 is 0 Å². The SMILES string of the molecule is C=C/C=C(/c1cccnc1)c1nc(-c2n[nH]c3cnc(-c4cn[nH]c4)cc23)[nH]c1C. The monoisotopic (exact) mass is 394 g/mol. The number of rotatable bonds is 5. The lowest BCUT2D eigenvalue weighted by Crippen LogP contribution is -1.92. The van der Waals surface area contributed by atoms with E-state index in [1.807, 2.05) is 43.6 Å². The molecule has 0 radical (unpaired) electrons. The minimum Gasteiger partial charge on any atom is -0.340 e. The van der Waals surface area contributed by atoms with E-state index in [1.165, 1.54) is 0 Å². The maximum Gasteiger partial charge on any atom is 0.159 e. The van der Waals surface area contributed by atoms with Crippen LogP contribution in [0.1, 0.15) is 17.0 Å². The average Bonchev–Trinajstić information content (AvgIpc) is 3.52. The van der Waals surface area contributed by atoms with Crippen LogP contribution in [0.5, 0.6) is 0 Å². The Kier molecular flexibility index (Phi) is 4.29. The molecule has 30 heavy (non-hydrogen) atoms. The van der Waals surface area contributed by atoms with Gasteiger partial charge in [0.1, 0.15) is 5.69 Å². The molecule has 5 rings (SSSR count). The highest BCUT2D eigenvalue weighted by atomic mass is 15.1. The Balaban J connectivity index is 1.62. The molecular formula is C22H18N8. The van der Waals surface area contributed by atoms with Crippen molar-refractivity contribution in [1.82, 2.24) is 40.3 Å². The number of aromatic amines is 3. The highest BCUT2D eigenvalue weighted by molar-refractivity contribution is 5.93. The second kappa shape index (κ2) is 7.25. The van der Waals surface area contributed by atoms with Crippen molar-refractivity contribution in [2.75, 3.05) is 0 Å². The van der Waals surface area contributed by atoms with Crippen molar-refractivity contribution in [2.45, 2.75) is 6.92 Å². The van der Waals surface area contributed by atoms with Gasteiger partial charge in [0.25, 0.3) is 0 Å². The van der Waals surface area contributed by atoms with Crippen LogP contribution < -0.4 is 0 Å². The molecule has 3 N–H and O–H groups in total. The summed E-state index contributed by atoms with van der Waals surface area (Å²) in [5.74, 6) is 0.678. The number of H-pyrrole nitrogens is 3. The Labute approximate surface area is 171 Å². The molecule has 8 nitrogen and oxygen atoms in total. The topological polar surface area (TPSA) is 112 Å². The van der Waals surface area contributed by atoms with E-state index in [4.69, 9.17) is 4.98 Å². The molecule has 5 aromatic heterocycles. The molecule has 146 valence electrons. The predicted octanol–water partition coefficient (Wildman–Crippen LogP) is 4.06. The van der Waals surface area contributed by atoms with Crippen molar-refractivity contribution in [1.29, 1.82) is 0 Å². The van der Waals surface area contributed by atoms with Gasteiger partial charge < -0.3 is 4.98 Å². The fourth-order valence-electron chi connectivity index (χ4n) is 3.43. The van der Waals surface area contributed by atoms with Crippen molar-refractivity contribution in [3.05, 3.63) is 84.9 Å². The van der Waals surface area contributed by atoms with Gasteiger partial charge in [-0.3, -0.25) is 20.2 Å². The van der Waals surface area contributed by atoms with Crippen LogP contribution in [0.3, 0.4) is 0 Å². The summed E-state index contributed by atoms with van der Waals surface area (Å²) in [6.07, 6.45) is 12.6. The van der Waals surface area contributed by atoms with Gasteiger partial charge in [-0.2, -0.15) is 10.2 Å². The van der Waals surface area contributed by atoms with Gasteiger partial charge in [0.05, 0.1) is 29.3 Å². The number of pyridine rings is 2. The molecule has 0 unspecified atom stereocenters. The number of nitrogens with zero attached hydrogens (tertiary/aromatic N) is 5. The number of hydrogen-bond donors (Lipinski definition) is 3. The molecule has 5 heterocycles. The highest BCUT2D eigenvalue weighted by Gasteiger charge is 2.18. The summed E-state index contributed by atoms with van der Waals surface area (Å²) in [5.41, 5.74) is 6.96. The fraction of sp³-hybridized carbons (Fsp3) is 0.0455. The number of hydrogen-bond acceptors (Lipinski definition) is 5. The third-order valence-electron chi connectivity index (χ3n) is 4.86.